The van der Waals surface area contributed by atoms with Gasteiger partial charge in [0.05, 0.1) is 5.92 Å². The number of ketones is 1. The monoisotopic (exact) mass is 509 g/mol. The Morgan fingerprint density at radius 2 is 1.50 bits per heavy atom. The summed E-state index contributed by atoms with van der Waals surface area (Å²) >= 11 is 0. The van der Waals surface area contributed by atoms with Gasteiger partial charge in [-0.25, -0.2) is 0 Å². The van der Waals surface area contributed by atoms with Crippen molar-refractivity contribution in [1.29, 1.82) is 0 Å². The van der Waals surface area contributed by atoms with E-state index >= 15 is 0 Å². The first-order chi connectivity index (χ1) is 11.0. The molecule has 0 aliphatic carbocycles. The van der Waals surface area contributed by atoms with Crippen LogP contribution in [-0.4, -0.2) is 29.9 Å². The summed E-state index contributed by atoms with van der Waals surface area (Å²) in [5.74, 6) is -1.62. The SMILES string of the molecule is CC(C(=O)O)c1cccc(C(=O)c2ccccc2)c1.NCCN.[Pt+4]. The molecule has 5 N–H and O–H groups in total. The van der Waals surface area contributed by atoms with Crippen molar-refractivity contribution in [1.82, 2.24) is 0 Å². The van der Waals surface area contributed by atoms with Gasteiger partial charge in [0.2, 0.25) is 0 Å². The van der Waals surface area contributed by atoms with E-state index < -0.39 is 11.9 Å². The average molecular weight is 509 g/mol. The van der Waals surface area contributed by atoms with E-state index in [4.69, 9.17) is 16.6 Å². The molecular weight excluding hydrogens is 487 g/mol. The van der Waals surface area contributed by atoms with E-state index in [-0.39, 0.29) is 26.8 Å². The predicted octanol–water partition coefficient (Wildman–Crippen LogP) is 2.01. The van der Waals surface area contributed by atoms with Crippen LogP contribution in [-0.2, 0) is 25.9 Å². The van der Waals surface area contributed by atoms with Gasteiger partial charge in [-0.3, -0.25) is 9.59 Å². The van der Waals surface area contributed by atoms with Crippen LogP contribution in [0.2, 0.25) is 0 Å². The third-order valence-corrected chi connectivity index (χ3v) is 3.22. The van der Waals surface area contributed by atoms with E-state index in [1.54, 1.807) is 55.5 Å². The molecule has 24 heavy (non-hydrogen) atoms. The molecule has 0 spiro atoms. The van der Waals surface area contributed by atoms with E-state index in [1.807, 2.05) is 6.07 Å². The van der Waals surface area contributed by atoms with Crippen LogP contribution in [0, 0.1) is 0 Å². The molecule has 128 valence electrons. The maximum absolute atomic E-state index is 12.2. The minimum Gasteiger partial charge on any atom is -0.481 e. The molecule has 1 unspecified atom stereocenters. The Morgan fingerprint density at radius 1 is 0.958 bits per heavy atom. The van der Waals surface area contributed by atoms with Crippen molar-refractivity contribution in [3.05, 3.63) is 71.3 Å². The number of carboxylic acids is 1. The first-order valence-corrected chi connectivity index (χ1v) is 7.34. The number of aliphatic carboxylic acids is 1. The van der Waals surface area contributed by atoms with Gasteiger partial charge in [-0.2, -0.15) is 0 Å². The molecule has 1 atom stereocenters. The van der Waals surface area contributed by atoms with Crippen molar-refractivity contribution in [3.63, 3.8) is 0 Å². The summed E-state index contributed by atoms with van der Waals surface area (Å²) in [6, 6.07) is 15.7. The first kappa shape index (κ1) is 22.2. The minimum absolute atomic E-state index is 0. The second-order valence-corrected chi connectivity index (χ2v) is 4.96. The van der Waals surface area contributed by atoms with Crippen molar-refractivity contribution < 1.29 is 35.8 Å². The van der Waals surface area contributed by atoms with E-state index in [0.29, 0.717) is 29.8 Å². The summed E-state index contributed by atoms with van der Waals surface area (Å²) in [6.07, 6.45) is 0. The summed E-state index contributed by atoms with van der Waals surface area (Å²) in [5.41, 5.74) is 11.5. The first-order valence-electron chi connectivity index (χ1n) is 7.34. The molecule has 0 fully saturated rings. The summed E-state index contributed by atoms with van der Waals surface area (Å²) in [5, 5.41) is 9.00. The zero-order valence-corrected chi connectivity index (χ0v) is 15.7. The Balaban J connectivity index is 0.000000954. The van der Waals surface area contributed by atoms with E-state index in [0.717, 1.165) is 0 Å². The summed E-state index contributed by atoms with van der Waals surface area (Å²) in [6.45, 7) is 2.80. The topological polar surface area (TPSA) is 106 Å². The fraction of sp³-hybridized carbons (Fsp3) is 0.222. The molecule has 2 aromatic carbocycles. The number of rotatable bonds is 5. The summed E-state index contributed by atoms with van der Waals surface area (Å²) in [4.78, 5) is 23.2. The van der Waals surface area contributed by atoms with Crippen LogP contribution in [0.4, 0.5) is 0 Å². The zero-order chi connectivity index (χ0) is 17.2. The van der Waals surface area contributed by atoms with Crippen LogP contribution in [0.3, 0.4) is 0 Å². The van der Waals surface area contributed by atoms with Gasteiger partial charge in [0, 0.05) is 24.2 Å². The van der Waals surface area contributed by atoms with Gasteiger partial charge < -0.3 is 16.6 Å². The van der Waals surface area contributed by atoms with Crippen LogP contribution in [0.15, 0.2) is 54.6 Å². The molecular formula is C18H22N2O3Pt+4. The van der Waals surface area contributed by atoms with Crippen molar-refractivity contribution in [3.8, 4) is 0 Å². The minimum atomic E-state index is -0.899. The van der Waals surface area contributed by atoms with E-state index in [9.17, 15) is 9.59 Å². The molecule has 0 aliphatic heterocycles. The van der Waals surface area contributed by atoms with Crippen molar-refractivity contribution >= 4 is 11.8 Å². The fourth-order valence-electron chi connectivity index (χ4n) is 1.85. The molecule has 0 aromatic heterocycles. The molecule has 2 aromatic rings. The molecule has 0 aliphatic rings. The third-order valence-electron chi connectivity index (χ3n) is 3.22. The van der Waals surface area contributed by atoms with Crippen LogP contribution < -0.4 is 11.5 Å². The zero-order valence-electron chi connectivity index (χ0n) is 13.4. The number of carboxylic acid groups (broad SMARTS) is 1. The molecule has 0 bridgehead atoms. The Bertz CT molecular complexity index is 646. The van der Waals surface area contributed by atoms with Gasteiger partial charge >= 0.3 is 27.0 Å². The number of hydrogen-bond donors (Lipinski definition) is 3. The molecule has 5 nitrogen and oxygen atoms in total. The normalized spacial score (nSPS) is 10.6. The molecule has 2 rings (SSSR count). The smallest absolute Gasteiger partial charge is 0.481 e. The second-order valence-electron chi connectivity index (χ2n) is 4.96. The predicted molar refractivity (Wildman–Crippen MR) is 90.5 cm³/mol. The van der Waals surface area contributed by atoms with Crippen LogP contribution in [0.5, 0.6) is 0 Å². The number of carbonyl (C=O) groups is 2. The van der Waals surface area contributed by atoms with Crippen molar-refractivity contribution in [2.24, 2.45) is 11.5 Å². The molecule has 0 saturated carbocycles. The van der Waals surface area contributed by atoms with Gasteiger partial charge in [0.1, 0.15) is 0 Å². The second kappa shape index (κ2) is 11.7. The van der Waals surface area contributed by atoms with Crippen molar-refractivity contribution in [2.75, 3.05) is 13.1 Å². The maximum atomic E-state index is 12.2. The van der Waals surface area contributed by atoms with Gasteiger partial charge in [-0.1, -0.05) is 48.5 Å². The summed E-state index contributed by atoms with van der Waals surface area (Å²) in [7, 11) is 0. The number of hydrogen-bond acceptors (Lipinski definition) is 4. The third kappa shape index (κ3) is 6.75. The Kier molecular flexibility index (Phi) is 10.8. The van der Waals surface area contributed by atoms with E-state index in [2.05, 4.69) is 0 Å². The van der Waals surface area contributed by atoms with Gasteiger partial charge in [-0.05, 0) is 18.6 Å². The number of carbonyl (C=O) groups excluding carboxylic acids is 1. The molecule has 0 amide bonds. The fourth-order valence-corrected chi connectivity index (χ4v) is 1.85. The molecule has 0 radical (unpaired) electrons. The van der Waals surface area contributed by atoms with Gasteiger partial charge in [0.25, 0.3) is 0 Å². The summed E-state index contributed by atoms with van der Waals surface area (Å²) < 4.78 is 0. The van der Waals surface area contributed by atoms with Crippen LogP contribution in [0.25, 0.3) is 0 Å². The molecule has 0 heterocycles. The van der Waals surface area contributed by atoms with Gasteiger partial charge in [-0.15, -0.1) is 0 Å². The average Bonchev–Trinajstić information content (AvgIpc) is 2.61. The van der Waals surface area contributed by atoms with Crippen LogP contribution in [0.1, 0.15) is 34.3 Å². The Hall–Kier alpha value is -1.81. The standard InChI is InChI=1S/C16H14O3.C2H8N2.Pt/c1-11(16(18)19)13-8-5-9-14(10-13)15(17)12-6-3-2-4-7-12;3-1-2-4;/h2-11H,1H3,(H,18,19);1-4H2;/q;;+4. The Morgan fingerprint density at radius 3 is 2.00 bits per heavy atom. The van der Waals surface area contributed by atoms with E-state index in [1.165, 1.54) is 0 Å². The maximum Gasteiger partial charge on any atom is 4.00 e. The molecule has 0 saturated heterocycles. The number of benzene rings is 2. The Labute approximate surface area is 156 Å². The van der Waals surface area contributed by atoms with Gasteiger partial charge in [0.15, 0.2) is 5.78 Å². The van der Waals surface area contributed by atoms with Crippen LogP contribution >= 0.6 is 0 Å². The van der Waals surface area contributed by atoms with Crippen molar-refractivity contribution in [2.45, 2.75) is 12.8 Å². The number of nitrogens with two attached hydrogens (primary N) is 2. The molecule has 6 heteroatoms. The largest absolute Gasteiger partial charge is 4.00 e. The quantitative estimate of drug-likeness (QED) is 0.535.